The molecule has 0 saturated heterocycles. The van der Waals surface area contributed by atoms with Gasteiger partial charge in [0.05, 0.1) is 12.7 Å². The van der Waals surface area contributed by atoms with Gasteiger partial charge < -0.3 is 15.7 Å². The number of oxime groups is 1. The number of hydrogen-bond acceptors (Lipinski definition) is 4. The lowest BCUT2D eigenvalue weighted by molar-refractivity contribution is 0.225. The lowest BCUT2D eigenvalue weighted by atomic mass is 10.1. The second-order valence-corrected chi connectivity index (χ2v) is 4.68. The highest BCUT2D eigenvalue weighted by molar-refractivity contribution is 5.99. The van der Waals surface area contributed by atoms with E-state index >= 15 is 0 Å². The van der Waals surface area contributed by atoms with Crippen molar-refractivity contribution < 1.29 is 9.94 Å². The zero-order valence-electron chi connectivity index (χ0n) is 12.1. The van der Waals surface area contributed by atoms with E-state index < -0.39 is 0 Å². The highest BCUT2D eigenvalue weighted by Crippen LogP contribution is 2.21. The number of ether oxygens (including phenoxy) is 1. The van der Waals surface area contributed by atoms with E-state index in [-0.39, 0.29) is 5.84 Å². The summed E-state index contributed by atoms with van der Waals surface area (Å²) in [6, 6.07) is 6.22. The van der Waals surface area contributed by atoms with Gasteiger partial charge in [-0.1, -0.05) is 18.1 Å². The Morgan fingerprint density at radius 1 is 1.47 bits per heavy atom. The van der Waals surface area contributed by atoms with Gasteiger partial charge in [0.25, 0.3) is 0 Å². The molecule has 0 spiro atoms. The maximum Gasteiger partial charge on any atom is 0.173 e. The molecule has 0 fully saturated rings. The summed E-state index contributed by atoms with van der Waals surface area (Å²) in [6.45, 7) is 8.26. The van der Waals surface area contributed by atoms with Gasteiger partial charge in [-0.05, 0) is 38.1 Å². The molecule has 0 aromatic heterocycles. The van der Waals surface area contributed by atoms with E-state index in [1.165, 1.54) is 0 Å². The molecule has 0 aliphatic carbocycles. The van der Waals surface area contributed by atoms with E-state index in [9.17, 15) is 0 Å². The smallest absolute Gasteiger partial charge is 0.173 e. The third kappa shape index (κ3) is 3.86. The first-order valence-electron chi connectivity index (χ1n) is 6.42. The van der Waals surface area contributed by atoms with Crippen LogP contribution >= 0.6 is 0 Å². The highest BCUT2D eigenvalue weighted by Gasteiger charge is 2.12. The van der Waals surface area contributed by atoms with Crippen LogP contribution in [0.15, 0.2) is 23.4 Å². The van der Waals surface area contributed by atoms with Crippen LogP contribution < -0.4 is 10.5 Å². The third-order valence-electron chi connectivity index (χ3n) is 3.17. The quantitative estimate of drug-likeness (QED) is 0.357. The molecular formula is C14H23N3O2. The fourth-order valence-electron chi connectivity index (χ4n) is 2.00. The maximum absolute atomic E-state index is 8.81. The van der Waals surface area contributed by atoms with Crippen LogP contribution in [0.25, 0.3) is 0 Å². The summed E-state index contributed by atoms with van der Waals surface area (Å²) in [5, 5.41) is 11.9. The molecule has 0 radical (unpaired) electrons. The van der Waals surface area contributed by atoms with Crippen molar-refractivity contribution >= 4 is 5.84 Å². The molecular weight excluding hydrogens is 242 g/mol. The predicted molar refractivity (Wildman–Crippen MR) is 76.7 cm³/mol. The number of benzene rings is 1. The van der Waals surface area contributed by atoms with Crippen LogP contribution in [0, 0.1) is 0 Å². The van der Waals surface area contributed by atoms with Crippen molar-refractivity contribution in [3.05, 3.63) is 29.3 Å². The largest absolute Gasteiger partial charge is 0.496 e. The Hall–Kier alpha value is -1.75. The lowest BCUT2D eigenvalue weighted by Gasteiger charge is -2.25. The van der Waals surface area contributed by atoms with E-state index in [0.29, 0.717) is 17.4 Å². The molecule has 5 heteroatoms. The van der Waals surface area contributed by atoms with Gasteiger partial charge in [0.15, 0.2) is 5.84 Å². The Labute approximate surface area is 114 Å². The molecule has 0 aliphatic rings. The van der Waals surface area contributed by atoms with Crippen molar-refractivity contribution in [1.29, 1.82) is 0 Å². The van der Waals surface area contributed by atoms with E-state index in [1.54, 1.807) is 7.11 Å². The zero-order valence-corrected chi connectivity index (χ0v) is 12.1. The van der Waals surface area contributed by atoms with Crippen LogP contribution in [0.5, 0.6) is 5.75 Å². The summed E-state index contributed by atoms with van der Waals surface area (Å²) in [5.41, 5.74) is 7.39. The van der Waals surface area contributed by atoms with Crippen molar-refractivity contribution in [2.45, 2.75) is 33.4 Å². The van der Waals surface area contributed by atoms with Crippen LogP contribution in [-0.4, -0.2) is 35.6 Å². The van der Waals surface area contributed by atoms with Crippen molar-refractivity contribution in [3.63, 3.8) is 0 Å². The van der Waals surface area contributed by atoms with Gasteiger partial charge in [-0.15, -0.1) is 0 Å². The Morgan fingerprint density at radius 3 is 2.63 bits per heavy atom. The molecule has 106 valence electrons. The second-order valence-electron chi connectivity index (χ2n) is 4.68. The van der Waals surface area contributed by atoms with Crippen LogP contribution in [0.2, 0.25) is 0 Å². The highest BCUT2D eigenvalue weighted by atomic mass is 16.5. The first-order valence-corrected chi connectivity index (χ1v) is 6.42. The fraction of sp³-hybridized carbons (Fsp3) is 0.500. The Kier molecular flexibility index (Phi) is 5.63. The van der Waals surface area contributed by atoms with E-state index in [1.807, 2.05) is 18.2 Å². The summed E-state index contributed by atoms with van der Waals surface area (Å²) in [6.07, 6.45) is 0. The van der Waals surface area contributed by atoms with Gasteiger partial charge in [-0.25, -0.2) is 0 Å². The molecule has 0 aliphatic heterocycles. The number of rotatable bonds is 6. The third-order valence-corrected chi connectivity index (χ3v) is 3.17. The van der Waals surface area contributed by atoms with Gasteiger partial charge in [0.1, 0.15) is 5.75 Å². The zero-order chi connectivity index (χ0) is 14.4. The standard InChI is InChI=1S/C14H23N3O2/c1-5-17(10(2)3)9-11-6-7-13(19-4)12(8-11)14(15)16-18/h6-8,10,18H,5,9H2,1-4H3,(H2,15,16). The topological polar surface area (TPSA) is 71.1 Å². The molecule has 0 heterocycles. The Morgan fingerprint density at radius 2 is 2.16 bits per heavy atom. The molecule has 1 rings (SSSR count). The van der Waals surface area contributed by atoms with Crippen molar-refractivity contribution in [2.75, 3.05) is 13.7 Å². The molecule has 1 aromatic carbocycles. The predicted octanol–water partition coefficient (Wildman–Crippen LogP) is 2.02. The molecule has 1 aromatic rings. The number of hydrogen-bond donors (Lipinski definition) is 2. The van der Waals surface area contributed by atoms with Crippen LogP contribution in [-0.2, 0) is 6.54 Å². The first kappa shape index (κ1) is 15.3. The average molecular weight is 265 g/mol. The molecule has 0 bridgehead atoms. The molecule has 0 saturated carbocycles. The minimum absolute atomic E-state index is 0.0614. The Bertz CT molecular complexity index is 444. The number of nitrogens with zero attached hydrogens (tertiary/aromatic N) is 2. The van der Waals surface area contributed by atoms with Crippen LogP contribution in [0.4, 0.5) is 0 Å². The Balaban J connectivity index is 3.04. The average Bonchev–Trinajstić information content (AvgIpc) is 2.43. The normalized spacial score (nSPS) is 12.2. The monoisotopic (exact) mass is 265 g/mol. The summed E-state index contributed by atoms with van der Waals surface area (Å²) in [7, 11) is 1.57. The SMILES string of the molecule is CCN(Cc1ccc(OC)c(C(N)=NO)c1)C(C)C. The van der Waals surface area contributed by atoms with E-state index in [0.717, 1.165) is 18.7 Å². The lowest BCUT2D eigenvalue weighted by Crippen LogP contribution is -2.30. The van der Waals surface area contributed by atoms with Gasteiger partial charge >= 0.3 is 0 Å². The molecule has 3 N–H and O–H groups in total. The molecule has 0 amide bonds. The van der Waals surface area contributed by atoms with Gasteiger partial charge in [0, 0.05) is 12.6 Å². The van der Waals surface area contributed by atoms with Crippen LogP contribution in [0.1, 0.15) is 31.9 Å². The molecule has 0 atom stereocenters. The van der Waals surface area contributed by atoms with Crippen LogP contribution in [0.3, 0.4) is 0 Å². The van der Waals surface area contributed by atoms with Gasteiger partial charge in [-0.3, -0.25) is 4.90 Å². The molecule has 0 unspecified atom stereocenters. The second kappa shape index (κ2) is 6.99. The number of nitrogens with two attached hydrogens (primary N) is 1. The molecule has 19 heavy (non-hydrogen) atoms. The first-order chi connectivity index (χ1) is 9.03. The van der Waals surface area contributed by atoms with E-state index in [4.69, 9.17) is 15.7 Å². The van der Waals surface area contributed by atoms with Gasteiger partial charge in [-0.2, -0.15) is 0 Å². The van der Waals surface area contributed by atoms with Crippen molar-refractivity contribution in [1.82, 2.24) is 4.90 Å². The van der Waals surface area contributed by atoms with Crippen molar-refractivity contribution in [2.24, 2.45) is 10.9 Å². The number of methoxy groups -OCH3 is 1. The molecule has 5 nitrogen and oxygen atoms in total. The summed E-state index contributed by atoms with van der Waals surface area (Å²) < 4.78 is 5.22. The van der Waals surface area contributed by atoms with E-state index in [2.05, 4.69) is 30.8 Å². The summed E-state index contributed by atoms with van der Waals surface area (Å²) in [5.74, 6) is 0.665. The van der Waals surface area contributed by atoms with Gasteiger partial charge in [0.2, 0.25) is 0 Å². The summed E-state index contributed by atoms with van der Waals surface area (Å²) >= 11 is 0. The number of amidine groups is 1. The minimum Gasteiger partial charge on any atom is -0.496 e. The van der Waals surface area contributed by atoms with Crippen molar-refractivity contribution in [3.8, 4) is 5.75 Å². The minimum atomic E-state index is 0.0614. The fourth-order valence-corrected chi connectivity index (χ4v) is 2.00. The summed E-state index contributed by atoms with van der Waals surface area (Å²) in [4.78, 5) is 2.33. The maximum atomic E-state index is 8.81.